The summed E-state index contributed by atoms with van der Waals surface area (Å²) in [7, 11) is 1.52. The fraction of sp³-hybridized carbons (Fsp3) is 0.0435. The van der Waals surface area contributed by atoms with Crippen LogP contribution >= 0.6 is 27.5 Å². The van der Waals surface area contributed by atoms with Crippen LogP contribution in [0.4, 0.5) is 5.69 Å². The highest BCUT2D eigenvalue weighted by molar-refractivity contribution is 9.10. The second-order valence-corrected chi connectivity index (χ2v) is 7.81. The zero-order chi connectivity index (χ0) is 23.8. The summed E-state index contributed by atoms with van der Waals surface area (Å²) in [5.74, 6) is -1.65. The van der Waals surface area contributed by atoms with Crippen molar-refractivity contribution < 1.29 is 23.9 Å². The number of carbonyl (C=O) groups excluding carboxylic acids is 3. The van der Waals surface area contributed by atoms with Crippen molar-refractivity contribution in [3.8, 4) is 11.5 Å². The van der Waals surface area contributed by atoms with Crippen LogP contribution in [0.1, 0.15) is 15.9 Å². The number of amides is 2. The molecule has 0 fully saturated rings. The highest BCUT2D eigenvalue weighted by Gasteiger charge is 2.14. The van der Waals surface area contributed by atoms with E-state index in [1.807, 2.05) is 0 Å². The molecule has 0 aliphatic carbocycles. The van der Waals surface area contributed by atoms with Crippen LogP contribution in [0.25, 0.3) is 0 Å². The van der Waals surface area contributed by atoms with Crippen LogP contribution in [-0.2, 0) is 9.59 Å². The van der Waals surface area contributed by atoms with Crippen LogP contribution in [0.3, 0.4) is 0 Å². The summed E-state index contributed by atoms with van der Waals surface area (Å²) in [5, 5.41) is 6.73. The number of halogens is 2. The monoisotopic (exact) mass is 529 g/mol. The summed E-state index contributed by atoms with van der Waals surface area (Å²) in [6.45, 7) is 0. The van der Waals surface area contributed by atoms with Crippen molar-refractivity contribution >= 4 is 57.2 Å². The number of hydrogen-bond donors (Lipinski definition) is 2. The molecule has 3 aromatic carbocycles. The van der Waals surface area contributed by atoms with Crippen LogP contribution in [0.5, 0.6) is 11.5 Å². The summed E-state index contributed by atoms with van der Waals surface area (Å²) in [4.78, 5) is 36.5. The largest absolute Gasteiger partial charge is 0.497 e. The number of anilines is 1. The molecule has 0 unspecified atom stereocenters. The van der Waals surface area contributed by atoms with Gasteiger partial charge in [-0.1, -0.05) is 27.5 Å². The first-order valence-electron chi connectivity index (χ1n) is 9.41. The lowest BCUT2D eigenvalue weighted by atomic mass is 10.2. The lowest BCUT2D eigenvalue weighted by Gasteiger charge is -2.08. The van der Waals surface area contributed by atoms with Crippen molar-refractivity contribution in [2.45, 2.75) is 0 Å². The van der Waals surface area contributed by atoms with Gasteiger partial charge in [-0.05, 0) is 66.7 Å². The van der Waals surface area contributed by atoms with Gasteiger partial charge in [-0.2, -0.15) is 5.10 Å². The van der Waals surface area contributed by atoms with E-state index in [-0.39, 0.29) is 5.75 Å². The number of rotatable bonds is 6. The molecule has 33 heavy (non-hydrogen) atoms. The molecule has 0 saturated carbocycles. The van der Waals surface area contributed by atoms with E-state index in [2.05, 4.69) is 31.8 Å². The number of carbonyl (C=O) groups is 3. The number of nitrogens with zero attached hydrogens (tertiary/aromatic N) is 1. The van der Waals surface area contributed by atoms with Crippen molar-refractivity contribution in [1.29, 1.82) is 0 Å². The summed E-state index contributed by atoms with van der Waals surface area (Å²) in [5.41, 5.74) is 3.26. The van der Waals surface area contributed by atoms with Gasteiger partial charge in [0.15, 0.2) is 0 Å². The number of hydrazone groups is 1. The third-order valence-electron chi connectivity index (χ3n) is 4.18. The van der Waals surface area contributed by atoms with Gasteiger partial charge in [0.25, 0.3) is 0 Å². The predicted molar refractivity (Wildman–Crippen MR) is 128 cm³/mol. The molecule has 0 aromatic heterocycles. The maximum absolute atomic E-state index is 12.4. The van der Waals surface area contributed by atoms with Crippen LogP contribution in [0, 0.1) is 0 Å². The molecule has 2 amide bonds. The molecule has 3 aromatic rings. The molecule has 0 atom stereocenters. The van der Waals surface area contributed by atoms with Crippen molar-refractivity contribution in [1.82, 2.24) is 5.43 Å². The van der Waals surface area contributed by atoms with Gasteiger partial charge < -0.3 is 14.8 Å². The van der Waals surface area contributed by atoms with E-state index in [4.69, 9.17) is 21.1 Å². The van der Waals surface area contributed by atoms with Gasteiger partial charge in [0, 0.05) is 20.7 Å². The SMILES string of the molecule is COc1ccc(NC(=O)C(=O)N/N=C\c2cc(Br)ccc2OC(=O)c2ccc(Cl)cc2)cc1. The van der Waals surface area contributed by atoms with Crippen molar-refractivity contribution in [2.24, 2.45) is 5.10 Å². The van der Waals surface area contributed by atoms with E-state index in [9.17, 15) is 14.4 Å². The number of methoxy groups -OCH3 is 1. The molecule has 0 aliphatic heterocycles. The van der Waals surface area contributed by atoms with E-state index < -0.39 is 17.8 Å². The number of nitrogens with one attached hydrogen (secondary N) is 2. The molecule has 0 bridgehead atoms. The summed E-state index contributed by atoms with van der Waals surface area (Å²) >= 11 is 9.17. The molecule has 0 aliphatic rings. The number of benzene rings is 3. The van der Waals surface area contributed by atoms with Crippen molar-refractivity contribution in [3.63, 3.8) is 0 Å². The molecule has 0 radical (unpaired) electrons. The maximum atomic E-state index is 12.4. The molecule has 8 nitrogen and oxygen atoms in total. The highest BCUT2D eigenvalue weighted by atomic mass is 79.9. The van der Waals surface area contributed by atoms with E-state index in [1.54, 1.807) is 66.7 Å². The average molecular weight is 531 g/mol. The quantitative estimate of drug-likeness (QED) is 0.161. The molecular weight excluding hydrogens is 514 g/mol. The summed E-state index contributed by atoms with van der Waals surface area (Å²) < 4.78 is 11.2. The van der Waals surface area contributed by atoms with E-state index in [0.717, 1.165) is 0 Å². The Morgan fingerprint density at radius 1 is 0.970 bits per heavy atom. The summed E-state index contributed by atoms with van der Waals surface area (Å²) in [6, 6.07) is 17.6. The van der Waals surface area contributed by atoms with Gasteiger partial charge in [-0.3, -0.25) is 9.59 Å². The van der Waals surface area contributed by atoms with E-state index in [0.29, 0.717) is 32.1 Å². The molecular formula is C23H17BrClN3O5. The van der Waals surface area contributed by atoms with Gasteiger partial charge in [0.2, 0.25) is 0 Å². The molecule has 0 saturated heterocycles. The van der Waals surface area contributed by atoms with Gasteiger partial charge in [-0.15, -0.1) is 0 Å². The fourth-order valence-corrected chi connectivity index (χ4v) is 3.04. The standard InChI is InChI=1S/C23H17BrClN3O5/c1-32-19-9-7-18(8-10-19)27-21(29)22(30)28-26-13-15-12-16(24)4-11-20(15)33-23(31)14-2-5-17(25)6-3-14/h2-13H,1H3,(H,27,29)(H,28,30)/b26-13-. The molecule has 3 rings (SSSR count). The van der Waals surface area contributed by atoms with E-state index >= 15 is 0 Å². The number of esters is 1. The predicted octanol–water partition coefficient (Wildman–Crippen LogP) is 4.42. The number of ether oxygens (including phenoxy) is 2. The Balaban J connectivity index is 1.64. The zero-order valence-corrected chi connectivity index (χ0v) is 19.5. The Hall–Kier alpha value is -3.69. The normalized spacial score (nSPS) is 10.5. The lowest BCUT2D eigenvalue weighted by molar-refractivity contribution is -0.136. The van der Waals surface area contributed by atoms with Gasteiger partial charge in [0.1, 0.15) is 11.5 Å². The third kappa shape index (κ3) is 6.90. The molecule has 2 N–H and O–H groups in total. The zero-order valence-electron chi connectivity index (χ0n) is 17.2. The first kappa shape index (κ1) is 24.0. The lowest BCUT2D eigenvalue weighted by Crippen LogP contribution is -2.32. The Kier molecular flexibility index (Phi) is 8.17. The summed E-state index contributed by atoms with van der Waals surface area (Å²) in [6.07, 6.45) is 1.26. The minimum Gasteiger partial charge on any atom is -0.497 e. The van der Waals surface area contributed by atoms with Gasteiger partial charge in [-0.25, -0.2) is 10.2 Å². The first-order chi connectivity index (χ1) is 15.9. The second-order valence-electron chi connectivity index (χ2n) is 6.46. The maximum Gasteiger partial charge on any atom is 0.343 e. The van der Waals surface area contributed by atoms with Crippen LogP contribution in [-0.4, -0.2) is 31.1 Å². The second kappa shape index (κ2) is 11.3. The van der Waals surface area contributed by atoms with Gasteiger partial charge >= 0.3 is 17.8 Å². The topological polar surface area (TPSA) is 106 Å². The smallest absolute Gasteiger partial charge is 0.343 e. The minimum absolute atomic E-state index is 0.207. The van der Waals surface area contributed by atoms with Crippen LogP contribution < -0.4 is 20.2 Å². The van der Waals surface area contributed by atoms with Crippen LogP contribution in [0.2, 0.25) is 5.02 Å². The average Bonchev–Trinajstić information content (AvgIpc) is 2.81. The Bertz CT molecular complexity index is 1200. The Labute approximate surface area is 202 Å². The molecule has 10 heteroatoms. The van der Waals surface area contributed by atoms with E-state index in [1.165, 1.54) is 13.3 Å². The van der Waals surface area contributed by atoms with Crippen LogP contribution in [0.15, 0.2) is 76.3 Å². The number of hydrogen-bond acceptors (Lipinski definition) is 6. The van der Waals surface area contributed by atoms with Crippen molar-refractivity contribution in [2.75, 3.05) is 12.4 Å². The third-order valence-corrected chi connectivity index (χ3v) is 4.92. The fourth-order valence-electron chi connectivity index (χ4n) is 2.53. The highest BCUT2D eigenvalue weighted by Crippen LogP contribution is 2.23. The molecule has 0 spiro atoms. The Morgan fingerprint density at radius 2 is 1.67 bits per heavy atom. The molecule has 0 heterocycles. The Morgan fingerprint density at radius 3 is 2.33 bits per heavy atom. The molecule has 168 valence electrons. The minimum atomic E-state index is -0.975. The van der Waals surface area contributed by atoms with Crippen molar-refractivity contribution in [3.05, 3.63) is 87.4 Å². The first-order valence-corrected chi connectivity index (χ1v) is 10.6. The van der Waals surface area contributed by atoms with Gasteiger partial charge in [0.05, 0.1) is 18.9 Å².